The summed E-state index contributed by atoms with van der Waals surface area (Å²) in [6, 6.07) is 8.17. The number of anilines is 2. The monoisotopic (exact) mass is 556 g/mol. The molecule has 0 unspecified atom stereocenters. The Labute approximate surface area is 230 Å². The second-order valence-electron chi connectivity index (χ2n) is 8.84. The lowest BCUT2D eigenvalue weighted by atomic mass is 10.1. The van der Waals surface area contributed by atoms with Crippen LogP contribution in [0.4, 0.5) is 11.4 Å². The van der Waals surface area contributed by atoms with Crippen LogP contribution in [0.2, 0.25) is 0 Å². The maximum Gasteiger partial charge on any atom is 0.349 e. The van der Waals surface area contributed by atoms with Gasteiger partial charge in [-0.1, -0.05) is 25.7 Å². The summed E-state index contributed by atoms with van der Waals surface area (Å²) in [5, 5.41) is 0. The van der Waals surface area contributed by atoms with E-state index in [1.54, 1.807) is 0 Å². The minimum absolute atomic E-state index is 0.0424. The van der Waals surface area contributed by atoms with Crippen molar-refractivity contribution in [2.75, 3.05) is 11.5 Å². The fraction of sp³-hybridized carbons (Fsp3) is 0.357. The Kier molecular flexibility index (Phi) is 12.3. The molecule has 0 bridgehead atoms. The van der Waals surface area contributed by atoms with E-state index in [2.05, 4.69) is 9.47 Å². The topological polar surface area (TPSA) is 191 Å². The molecular formula is C28H32N2O10. The largest absolute Gasteiger partial charge is 0.426 e. The molecule has 0 aromatic heterocycles. The third-order valence-corrected chi connectivity index (χ3v) is 5.38. The van der Waals surface area contributed by atoms with Gasteiger partial charge in [0.2, 0.25) is 0 Å². The van der Waals surface area contributed by atoms with Crippen molar-refractivity contribution in [1.82, 2.24) is 0 Å². The molecule has 12 nitrogen and oxygen atoms in total. The summed E-state index contributed by atoms with van der Waals surface area (Å²) >= 11 is 0. The van der Waals surface area contributed by atoms with Gasteiger partial charge in [0.05, 0.1) is 0 Å². The van der Waals surface area contributed by atoms with E-state index < -0.39 is 35.8 Å². The fourth-order valence-electron chi connectivity index (χ4n) is 3.56. The van der Waals surface area contributed by atoms with Crippen LogP contribution in [-0.4, -0.2) is 35.8 Å². The van der Waals surface area contributed by atoms with Gasteiger partial charge in [0, 0.05) is 38.1 Å². The third kappa shape index (κ3) is 10.9. The van der Waals surface area contributed by atoms with Crippen molar-refractivity contribution >= 4 is 47.2 Å². The summed E-state index contributed by atoms with van der Waals surface area (Å²) in [7, 11) is 0. The third-order valence-electron chi connectivity index (χ3n) is 5.38. The summed E-state index contributed by atoms with van der Waals surface area (Å²) in [6.45, 7) is 2.16. The maximum atomic E-state index is 12.2. The van der Waals surface area contributed by atoms with Gasteiger partial charge in [-0.15, -0.1) is 0 Å². The SMILES string of the molecule is CC(=O)OC(=O)c1cc(N)ccc1OC(=O)CCCCCCCCC(=O)Oc1ccc(N)cc1C(=O)OC(C)=O. The first-order valence-corrected chi connectivity index (χ1v) is 12.6. The van der Waals surface area contributed by atoms with Gasteiger partial charge in [-0.3, -0.25) is 19.2 Å². The average molecular weight is 557 g/mol. The lowest BCUT2D eigenvalue weighted by molar-refractivity contribution is -0.136. The highest BCUT2D eigenvalue weighted by Crippen LogP contribution is 2.25. The van der Waals surface area contributed by atoms with Gasteiger partial charge in [0.1, 0.15) is 22.6 Å². The van der Waals surface area contributed by atoms with Crippen LogP contribution in [0.1, 0.15) is 85.9 Å². The predicted molar refractivity (Wildman–Crippen MR) is 142 cm³/mol. The van der Waals surface area contributed by atoms with Crippen LogP contribution in [0.25, 0.3) is 0 Å². The Morgan fingerprint density at radius 1 is 0.575 bits per heavy atom. The van der Waals surface area contributed by atoms with Gasteiger partial charge in [-0.25, -0.2) is 9.59 Å². The minimum atomic E-state index is -0.962. The molecule has 0 saturated heterocycles. The minimum Gasteiger partial charge on any atom is -0.426 e. The molecular weight excluding hydrogens is 524 g/mol. The lowest BCUT2D eigenvalue weighted by Crippen LogP contribution is -2.14. The van der Waals surface area contributed by atoms with Gasteiger partial charge in [0.25, 0.3) is 0 Å². The second kappa shape index (κ2) is 15.6. The van der Waals surface area contributed by atoms with E-state index in [0.717, 1.165) is 39.5 Å². The molecule has 2 rings (SSSR count). The Morgan fingerprint density at radius 2 is 0.925 bits per heavy atom. The highest BCUT2D eigenvalue weighted by atomic mass is 16.6. The quantitative estimate of drug-likeness (QED) is 0.119. The van der Waals surface area contributed by atoms with Crippen LogP contribution in [0.5, 0.6) is 11.5 Å². The van der Waals surface area contributed by atoms with Crippen molar-refractivity contribution < 1.29 is 47.7 Å². The number of esters is 6. The van der Waals surface area contributed by atoms with Gasteiger partial charge in [-0.05, 0) is 49.2 Å². The zero-order valence-electron chi connectivity index (χ0n) is 22.4. The fourth-order valence-corrected chi connectivity index (χ4v) is 3.56. The van der Waals surface area contributed by atoms with E-state index in [1.807, 2.05) is 0 Å². The zero-order chi connectivity index (χ0) is 29.7. The molecule has 0 saturated carbocycles. The van der Waals surface area contributed by atoms with Crippen molar-refractivity contribution in [2.24, 2.45) is 0 Å². The number of benzene rings is 2. The smallest absolute Gasteiger partial charge is 0.349 e. The molecule has 12 heteroatoms. The predicted octanol–water partition coefficient (Wildman–Crippen LogP) is 3.89. The van der Waals surface area contributed by atoms with Crippen molar-refractivity contribution in [3.8, 4) is 11.5 Å². The number of carbonyl (C=O) groups excluding carboxylic acids is 6. The Balaban J connectivity index is 1.68. The molecule has 0 spiro atoms. The average Bonchev–Trinajstić information content (AvgIpc) is 2.86. The Morgan fingerprint density at radius 3 is 1.27 bits per heavy atom. The van der Waals surface area contributed by atoms with E-state index in [1.165, 1.54) is 36.4 Å². The first kappa shape index (κ1) is 31.5. The molecule has 0 aliphatic rings. The maximum absolute atomic E-state index is 12.2. The first-order chi connectivity index (χ1) is 19.0. The van der Waals surface area contributed by atoms with Gasteiger partial charge in [0.15, 0.2) is 0 Å². The highest BCUT2D eigenvalue weighted by molar-refractivity contribution is 6.00. The van der Waals surface area contributed by atoms with E-state index in [0.29, 0.717) is 12.8 Å². The van der Waals surface area contributed by atoms with Crippen molar-refractivity contribution in [2.45, 2.75) is 65.2 Å². The molecule has 214 valence electrons. The summed E-state index contributed by atoms with van der Waals surface area (Å²) in [4.78, 5) is 70.7. The van der Waals surface area contributed by atoms with Gasteiger partial charge >= 0.3 is 35.8 Å². The van der Waals surface area contributed by atoms with Crippen LogP contribution in [0, 0.1) is 0 Å². The van der Waals surface area contributed by atoms with Gasteiger partial charge < -0.3 is 30.4 Å². The highest BCUT2D eigenvalue weighted by Gasteiger charge is 2.20. The van der Waals surface area contributed by atoms with Crippen LogP contribution < -0.4 is 20.9 Å². The van der Waals surface area contributed by atoms with Crippen LogP contribution in [0.15, 0.2) is 36.4 Å². The van der Waals surface area contributed by atoms with Crippen molar-refractivity contribution in [3.05, 3.63) is 47.5 Å². The molecule has 0 aliphatic heterocycles. The first-order valence-electron chi connectivity index (χ1n) is 12.6. The number of hydrogen-bond donors (Lipinski definition) is 2. The molecule has 4 N–H and O–H groups in total. The summed E-state index contributed by atoms with van der Waals surface area (Å²) in [6.07, 6.45) is 4.47. The number of carbonyl (C=O) groups is 6. The van der Waals surface area contributed by atoms with Crippen LogP contribution in [-0.2, 0) is 28.7 Å². The number of hydrogen-bond acceptors (Lipinski definition) is 12. The van der Waals surface area contributed by atoms with E-state index >= 15 is 0 Å². The number of unbranched alkanes of at least 4 members (excludes halogenated alkanes) is 5. The molecule has 0 atom stereocenters. The molecule has 0 amide bonds. The van der Waals surface area contributed by atoms with Crippen LogP contribution in [0.3, 0.4) is 0 Å². The number of ether oxygens (including phenoxy) is 4. The van der Waals surface area contributed by atoms with Crippen molar-refractivity contribution in [3.63, 3.8) is 0 Å². The molecule has 2 aromatic rings. The number of nitrogen functional groups attached to an aromatic ring is 2. The Hall–Kier alpha value is -4.74. The normalized spacial score (nSPS) is 10.3. The summed E-state index contributed by atoms with van der Waals surface area (Å²) < 4.78 is 19.6. The van der Waals surface area contributed by atoms with E-state index in [9.17, 15) is 28.8 Å². The molecule has 2 aromatic carbocycles. The Bertz CT molecular complexity index is 1170. The van der Waals surface area contributed by atoms with Crippen molar-refractivity contribution in [1.29, 1.82) is 0 Å². The zero-order valence-corrected chi connectivity index (χ0v) is 22.4. The summed E-state index contributed by atoms with van der Waals surface area (Å²) in [5.41, 5.74) is 11.6. The summed E-state index contributed by atoms with van der Waals surface area (Å²) in [5.74, 6) is -4.70. The molecule has 0 radical (unpaired) electrons. The van der Waals surface area contributed by atoms with Crippen LogP contribution >= 0.6 is 0 Å². The van der Waals surface area contributed by atoms with Gasteiger partial charge in [-0.2, -0.15) is 0 Å². The molecule has 0 fully saturated rings. The molecule has 0 aliphatic carbocycles. The second-order valence-corrected chi connectivity index (χ2v) is 8.84. The van der Waals surface area contributed by atoms with E-state index in [4.69, 9.17) is 20.9 Å². The molecule has 0 heterocycles. The standard InChI is InChI=1S/C28H32N2O10/c1-17(31)37-27(35)21-15-19(29)11-13-23(21)39-25(33)9-7-5-3-4-6-8-10-26(34)40-24-14-12-20(30)16-22(24)28(36)38-18(2)32/h11-16H,3-10,29-30H2,1-2H3. The number of rotatable bonds is 13. The number of nitrogens with two attached hydrogens (primary N) is 2. The lowest BCUT2D eigenvalue weighted by Gasteiger charge is -2.10. The van der Waals surface area contributed by atoms with E-state index in [-0.39, 0.29) is 46.8 Å². The molecule has 40 heavy (non-hydrogen) atoms.